The highest BCUT2D eigenvalue weighted by Crippen LogP contribution is 2.20. The molecule has 2 N–H and O–H groups in total. The van der Waals surface area contributed by atoms with Crippen LogP contribution in [0.2, 0.25) is 0 Å². The molecule has 1 amide bonds. The molecule has 22 heavy (non-hydrogen) atoms. The van der Waals surface area contributed by atoms with E-state index in [1.54, 1.807) is 12.3 Å². The zero-order valence-electron chi connectivity index (χ0n) is 13.1. The van der Waals surface area contributed by atoms with Gasteiger partial charge in [-0.15, -0.1) is 0 Å². The van der Waals surface area contributed by atoms with Crippen LogP contribution in [0.5, 0.6) is 5.75 Å². The van der Waals surface area contributed by atoms with Crippen LogP contribution in [0.3, 0.4) is 0 Å². The zero-order chi connectivity index (χ0) is 15.9. The van der Waals surface area contributed by atoms with Gasteiger partial charge in [-0.05, 0) is 43.3 Å². The number of pyridine rings is 1. The summed E-state index contributed by atoms with van der Waals surface area (Å²) in [6, 6.07) is 11.4. The third-order valence-electron chi connectivity index (χ3n) is 2.99. The van der Waals surface area contributed by atoms with Gasteiger partial charge in [0.25, 0.3) is 0 Å². The van der Waals surface area contributed by atoms with Gasteiger partial charge in [0.15, 0.2) is 0 Å². The van der Waals surface area contributed by atoms with Crippen molar-refractivity contribution in [1.29, 1.82) is 0 Å². The van der Waals surface area contributed by atoms with Crippen molar-refractivity contribution in [1.82, 2.24) is 4.98 Å². The van der Waals surface area contributed by atoms with Gasteiger partial charge in [0.2, 0.25) is 5.91 Å². The Morgan fingerprint density at radius 2 is 1.82 bits per heavy atom. The van der Waals surface area contributed by atoms with Gasteiger partial charge in [0.1, 0.15) is 11.6 Å². The summed E-state index contributed by atoms with van der Waals surface area (Å²) in [6.07, 6.45) is 1.69. The molecule has 0 aliphatic heterocycles. The molecular weight excluding hydrogens is 278 g/mol. The van der Waals surface area contributed by atoms with E-state index < -0.39 is 0 Å². The summed E-state index contributed by atoms with van der Waals surface area (Å²) < 4.78 is 5.40. The molecule has 0 bridgehead atoms. The maximum Gasteiger partial charge on any atom is 0.228 e. The van der Waals surface area contributed by atoms with E-state index in [9.17, 15) is 4.79 Å². The second-order valence-corrected chi connectivity index (χ2v) is 5.16. The molecule has 1 aromatic carbocycles. The molecule has 5 nitrogen and oxygen atoms in total. The molecule has 116 valence electrons. The Kier molecular flexibility index (Phi) is 5.36. The number of anilines is 3. The highest BCUT2D eigenvalue weighted by Gasteiger charge is 2.07. The van der Waals surface area contributed by atoms with Crippen LogP contribution in [0.4, 0.5) is 17.2 Å². The fourth-order valence-corrected chi connectivity index (χ4v) is 1.78. The van der Waals surface area contributed by atoms with Crippen molar-refractivity contribution in [3.63, 3.8) is 0 Å². The standard InChI is InChI=1S/C17H21N3O2/c1-4-22-15-8-5-13(6-9-15)19-14-7-10-16(18-11-14)20-17(21)12(2)3/h5-12,19H,4H2,1-3H3,(H,18,20,21). The van der Waals surface area contributed by atoms with E-state index in [4.69, 9.17) is 4.74 Å². The average Bonchev–Trinajstić information content (AvgIpc) is 2.51. The van der Waals surface area contributed by atoms with Crippen molar-refractivity contribution in [2.75, 3.05) is 17.2 Å². The van der Waals surface area contributed by atoms with E-state index in [0.29, 0.717) is 12.4 Å². The molecular formula is C17H21N3O2. The smallest absolute Gasteiger partial charge is 0.228 e. The Morgan fingerprint density at radius 1 is 1.14 bits per heavy atom. The summed E-state index contributed by atoms with van der Waals surface area (Å²) in [6.45, 7) is 6.30. The molecule has 2 rings (SSSR count). The van der Waals surface area contributed by atoms with Crippen LogP contribution in [0.1, 0.15) is 20.8 Å². The molecule has 0 radical (unpaired) electrons. The Morgan fingerprint density at radius 3 is 2.36 bits per heavy atom. The molecule has 0 atom stereocenters. The van der Waals surface area contributed by atoms with Gasteiger partial charge >= 0.3 is 0 Å². The highest BCUT2D eigenvalue weighted by molar-refractivity contribution is 5.91. The summed E-state index contributed by atoms with van der Waals surface area (Å²) in [4.78, 5) is 15.8. The van der Waals surface area contributed by atoms with Gasteiger partial charge < -0.3 is 15.4 Å². The molecule has 2 aromatic rings. The Hall–Kier alpha value is -2.56. The number of nitrogens with one attached hydrogen (secondary N) is 2. The van der Waals surface area contributed by atoms with Crippen molar-refractivity contribution in [2.24, 2.45) is 5.92 Å². The van der Waals surface area contributed by atoms with Crippen LogP contribution in [0, 0.1) is 5.92 Å². The first-order valence-corrected chi connectivity index (χ1v) is 7.35. The summed E-state index contributed by atoms with van der Waals surface area (Å²) in [5.74, 6) is 1.29. The maximum absolute atomic E-state index is 11.6. The number of carbonyl (C=O) groups is 1. The number of rotatable bonds is 6. The number of nitrogens with zero attached hydrogens (tertiary/aromatic N) is 1. The molecule has 0 aliphatic rings. The predicted molar refractivity (Wildman–Crippen MR) is 88.6 cm³/mol. The fourth-order valence-electron chi connectivity index (χ4n) is 1.78. The van der Waals surface area contributed by atoms with Crippen molar-refractivity contribution >= 4 is 23.1 Å². The van der Waals surface area contributed by atoms with E-state index in [1.807, 2.05) is 51.1 Å². The number of hydrogen-bond donors (Lipinski definition) is 2. The minimum atomic E-state index is -0.0662. The predicted octanol–water partition coefficient (Wildman–Crippen LogP) is 3.82. The summed E-state index contributed by atoms with van der Waals surface area (Å²) >= 11 is 0. The second kappa shape index (κ2) is 7.45. The fraction of sp³-hybridized carbons (Fsp3) is 0.294. The lowest BCUT2D eigenvalue weighted by atomic mass is 10.2. The third-order valence-corrected chi connectivity index (χ3v) is 2.99. The minimum Gasteiger partial charge on any atom is -0.494 e. The van der Waals surface area contributed by atoms with Crippen molar-refractivity contribution < 1.29 is 9.53 Å². The highest BCUT2D eigenvalue weighted by atomic mass is 16.5. The quantitative estimate of drug-likeness (QED) is 0.851. The topological polar surface area (TPSA) is 63.2 Å². The summed E-state index contributed by atoms with van der Waals surface area (Å²) in [5.41, 5.74) is 1.80. The molecule has 0 unspecified atom stereocenters. The van der Waals surface area contributed by atoms with Gasteiger partial charge in [-0.1, -0.05) is 13.8 Å². The van der Waals surface area contributed by atoms with Crippen LogP contribution >= 0.6 is 0 Å². The Balaban J connectivity index is 1.97. The normalized spacial score (nSPS) is 10.4. The van der Waals surface area contributed by atoms with E-state index in [1.165, 1.54) is 0 Å². The van der Waals surface area contributed by atoms with Gasteiger partial charge in [0.05, 0.1) is 18.5 Å². The minimum absolute atomic E-state index is 0.0419. The molecule has 1 aromatic heterocycles. The van der Waals surface area contributed by atoms with E-state index in [0.717, 1.165) is 17.1 Å². The lowest BCUT2D eigenvalue weighted by Crippen LogP contribution is -2.18. The molecule has 0 saturated heterocycles. The van der Waals surface area contributed by atoms with E-state index in [-0.39, 0.29) is 11.8 Å². The Labute approximate surface area is 130 Å². The van der Waals surface area contributed by atoms with Crippen LogP contribution in [-0.4, -0.2) is 17.5 Å². The molecule has 1 heterocycles. The van der Waals surface area contributed by atoms with Gasteiger partial charge in [-0.2, -0.15) is 0 Å². The van der Waals surface area contributed by atoms with Crippen LogP contribution in [0.25, 0.3) is 0 Å². The van der Waals surface area contributed by atoms with E-state index in [2.05, 4.69) is 15.6 Å². The van der Waals surface area contributed by atoms with Crippen LogP contribution < -0.4 is 15.4 Å². The molecule has 5 heteroatoms. The number of ether oxygens (including phenoxy) is 1. The first kappa shape index (κ1) is 15.8. The molecule has 0 spiro atoms. The SMILES string of the molecule is CCOc1ccc(Nc2ccc(NC(=O)C(C)C)nc2)cc1. The first-order valence-electron chi connectivity index (χ1n) is 7.35. The van der Waals surface area contributed by atoms with Gasteiger partial charge in [-0.25, -0.2) is 4.98 Å². The van der Waals surface area contributed by atoms with Crippen LogP contribution in [0.15, 0.2) is 42.6 Å². The second-order valence-electron chi connectivity index (χ2n) is 5.16. The Bertz CT molecular complexity index is 607. The third kappa shape index (κ3) is 4.48. The zero-order valence-corrected chi connectivity index (χ0v) is 13.1. The first-order chi connectivity index (χ1) is 10.6. The molecule has 0 fully saturated rings. The van der Waals surface area contributed by atoms with Gasteiger partial charge in [0, 0.05) is 11.6 Å². The van der Waals surface area contributed by atoms with Crippen molar-refractivity contribution in [3.8, 4) is 5.75 Å². The monoisotopic (exact) mass is 299 g/mol. The number of amides is 1. The van der Waals surface area contributed by atoms with Crippen LogP contribution in [-0.2, 0) is 4.79 Å². The maximum atomic E-state index is 11.6. The number of hydrogen-bond acceptors (Lipinski definition) is 4. The largest absolute Gasteiger partial charge is 0.494 e. The lowest BCUT2D eigenvalue weighted by Gasteiger charge is -2.10. The summed E-state index contributed by atoms with van der Waals surface area (Å²) in [5, 5.41) is 6.01. The average molecular weight is 299 g/mol. The van der Waals surface area contributed by atoms with Crippen molar-refractivity contribution in [3.05, 3.63) is 42.6 Å². The van der Waals surface area contributed by atoms with Crippen molar-refractivity contribution in [2.45, 2.75) is 20.8 Å². The van der Waals surface area contributed by atoms with Gasteiger partial charge in [-0.3, -0.25) is 4.79 Å². The molecule has 0 aliphatic carbocycles. The van der Waals surface area contributed by atoms with E-state index >= 15 is 0 Å². The number of benzene rings is 1. The number of carbonyl (C=O) groups excluding carboxylic acids is 1. The number of aromatic nitrogens is 1. The summed E-state index contributed by atoms with van der Waals surface area (Å²) in [7, 11) is 0. The molecule has 0 saturated carbocycles. The lowest BCUT2D eigenvalue weighted by molar-refractivity contribution is -0.118.